The van der Waals surface area contributed by atoms with E-state index in [-0.39, 0.29) is 11.3 Å². The molecule has 1 aliphatic rings. The number of nitrogens with zero attached hydrogens (tertiary/aromatic N) is 2. The number of benzene rings is 2. The Hall–Kier alpha value is -3.39. The molecule has 0 unspecified atom stereocenters. The summed E-state index contributed by atoms with van der Waals surface area (Å²) in [5, 5.41) is 11.1. The minimum atomic E-state index is -0.828. The second-order valence-electron chi connectivity index (χ2n) is 7.77. The van der Waals surface area contributed by atoms with Crippen LogP contribution in [0.5, 0.6) is 11.5 Å². The molecule has 170 valence electrons. The van der Waals surface area contributed by atoms with Gasteiger partial charge in [0, 0.05) is 12.1 Å². The Kier molecular flexibility index (Phi) is 7.15. The van der Waals surface area contributed by atoms with Gasteiger partial charge < -0.3 is 24.4 Å². The monoisotopic (exact) mass is 442 g/mol. The van der Waals surface area contributed by atoms with E-state index in [9.17, 15) is 19.1 Å². The molecule has 1 fully saturated rings. The van der Waals surface area contributed by atoms with Crippen molar-refractivity contribution in [3.05, 3.63) is 65.0 Å². The molecule has 0 saturated carbocycles. The quantitative estimate of drug-likeness (QED) is 0.384. The van der Waals surface area contributed by atoms with Gasteiger partial charge in [0.05, 0.1) is 25.8 Å². The largest absolute Gasteiger partial charge is 0.507 e. The highest BCUT2D eigenvalue weighted by Gasteiger charge is 2.45. The molecular formula is C24H27FN2O5. The standard InChI is InChI=1S/C24H27FN2O5/c1-26(2)12-5-13-27-21(15-6-9-17(25)10-7-15)20(23(29)24(27)30)22(28)16-8-11-18(31-3)19(14-16)32-4/h6-11,14,21,28H,5,12-13H2,1-4H3/b22-20+/t21-/m0/s1. The van der Waals surface area contributed by atoms with E-state index in [1.807, 2.05) is 19.0 Å². The molecule has 2 aromatic rings. The fourth-order valence-corrected chi connectivity index (χ4v) is 3.80. The highest BCUT2D eigenvalue weighted by Crippen LogP contribution is 2.40. The van der Waals surface area contributed by atoms with E-state index in [1.165, 1.54) is 49.5 Å². The Morgan fingerprint density at radius 1 is 1.06 bits per heavy atom. The van der Waals surface area contributed by atoms with Crippen molar-refractivity contribution in [3.63, 3.8) is 0 Å². The van der Waals surface area contributed by atoms with Crippen LogP contribution in [0, 0.1) is 5.82 Å². The molecule has 1 N–H and O–H groups in total. The van der Waals surface area contributed by atoms with Gasteiger partial charge in [0.25, 0.3) is 11.7 Å². The summed E-state index contributed by atoms with van der Waals surface area (Å²) in [6, 6.07) is 9.48. The zero-order valence-electron chi connectivity index (χ0n) is 18.6. The Balaban J connectivity index is 2.11. The number of carbonyl (C=O) groups is 2. The number of halogens is 1. The number of likely N-dealkylation sites (tertiary alicyclic amines) is 1. The van der Waals surface area contributed by atoms with Gasteiger partial charge in [-0.1, -0.05) is 12.1 Å². The maximum Gasteiger partial charge on any atom is 0.295 e. The lowest BCUT2D eigenvalue weighted by atomic mass is 9.95. The predicted molar refractivity (Wildman–Crippen MR) is 118 cm³/mol. The van der Waals surface area contributed by atoms with Crippen molar-refractivity contribution >= 4 is 17.4 Å². The number of ketones is 1. The van der Waals surface area contributed by atoms with Crippen LogP contribution in [0.4, 0.5) is 4.39 Å². The summed E-state index contributed by atoms with van der Waals surface area (Å²) >= 11 is 0. The van der Waals surface area contributed by atoms with Crippen LogP contribution in [0.15, 0.2) is 48.0 Å². The molecule has 0 aliphatic carbocycles. The lowest BCUT2D eigenvalue weighted by molar-refractivity contribution is -0.139. The number of Topliss-reactive ketones (excluding diaryl/α,β-unsaturated/α-hetero) is 1. The van der Waals surface area contributed by atoms with Crippen LogP contribution in [0.3, 0.4) is 0 Å². The normalized spacial score (nSPS) is 17.8. The maximum atomic E-state index is 13.6. The third kappa shape index (κ3) is 4.60. The average Bonchev–Trinajstić information content (AvgIpc) is 3.03. The summed E-state index contributed by atoms with van der Waals surface area (Å²) in [7, 11) is 6.79. The second-order valence-corrected chi connectivity index (χ2v) is 7.77. The summed E-state index contributed by atoms with van der Waals surface area (Å²) < 4.78 is 24.1. The highest BCUT2D eigenvalue weighted by atomic mass is 19.1. The van der Waals surface area contributed by atoms with Gasteiger partial charge in [-0.05, 0) is 63.0 Å². The molecular weight excluding hydrogens is 415 g/mol. The van der Waals surface area contributed by atoms with Crippen LogP contribution in [-0.2, 0) is 9.59 Å². The van der Waals surface area contributed by atoms with E-state index in [4.69, 9.17) is 9.47 Å². The topological polar surface area (TPSA) is 79.3 Å². The Morgan fingerprint density at radius 2 is 1.72 bits per heavy atom. The molecule has 8 heteroatoms. The molecule has 2 aromatic carbocycles. The average molecular weight is 442 g/mol. The van der Waals surface area contributed by atoms with Crippen molar-refractivity contribution in [2.24, 2.45) is 0 Å². The number of hydrogen-bond acceptors (Lipinski definition) is 6. The second kappa shape index (κ2) is 9.82. The van der Waals surface area contributed by atoms with Crippen molar-refractivity contribution < 1.29 is 28.6 Å². The van der Waals surface area contributed by atoms with Gasteiger partial charge in [0.2, 0.25) is 0 Å². The van der Waals surface area contributed by atoms with E-state index < -0.39 is 23.5 Å². The third-order valence-corrected chi connectivity index (χ3v) is 5.39. The van der Waals surface area contributed by atoms with E-state index in [1.54, 1.807) is 12.1 Å². The van der Waals surface area contributed by atoms with Crippen LogP contribution in [0.2, 0.25) is 0 Å². The first kappa shape index (κ1) is 23.3. The summed E-state index contributed by atoms with van der Waals surface area (Å²) in [6.07, 6.45) is 0.633. The Labute approximate surface area is 186 Å². The molecule has 0 radical (unpaired) electrons. The van der Waals surface area contributed by atoms with Gasteiger partial charge in [-0.25, -0.2) is 4.39 Å². The first-order valence-corrected chi connectivity index (χ1v) is 10.2. The van der Waals surface area contributed by atoms with Gasteiger partial charge >= 0.3 is 0 Å². The number of methoxy groups -OCH3 is 2. The summed E-state index contributed by atoms with van der Waals surface area (Å²) in [4.78, 5) is 29.3. The zero-order valence-corrected chi connectivity index (χ0v) is 18.6. The molecule has 0 spiro atoms. The van der Waals surface area contributed by atoms with Gasteiger partial charge in [0.15, 0.2) is 11.5 Å². The van der Waals surface area contributed by atoms with Crippen LogP contribution in [0.1, 0.15) is 23.6 Å². The van der Waals surface area contributed by atoms with Crippen molar-refractivity contribution in [2.45, 2.75) is 12.5 Å². The van der Waals surface area contributed by atoms with Crippen LogP contribution < -0.4 is 9.47 Å². The number of carbonyl (C=O) groups excluding carboxylic acids is 2. The molecule has 1 saturated heterocycles. The molecule has 7 nitrogen and oxygen atoms in total. The molecule has 1 heterocycles. The smallest absolute Gasteiger partial charge is 0.295 e. The molecule has 1 atom stereocenters. The summed E-state index contributed by atoms with van der Waals surface area (Å²) in [6.45, 7) is 1.03. The van der Waals surface area contributed by atoms with Crippen LogP contribution in [0.25, 0.3) is 5.76 Å². The predicted octanol–water partition coefficient (Wildman–Crippen LogP) is 3.22. The fraction of sp³-hybridized carbons (Fsp3) is 0.333. The number of rotatable bonds is 8. The lowest BCUT2D eigenvalue weighted by Crippen LogP contribution is -2.32. The summed E-state index contributed by atoms with van der Waals surface area (Å²) in [5.74, 6) is -1.40. The number of aliphatic hydroxyl groups is 1. The number of aliphatic hydroxyl groups excluding tert-OH is 1. The zero-order chi connectivity index (χ0) is 23.4. The fourth-order valence-electron chi connectivity index (χ4n) is 3.80. The van der Waals surface area contributed by atoms with Crippen LogP contribution >= 0.6 is 0 Å². The van der Waals surface area contributed by atoms with Gasteiger partial charge in [-0.2, -0.15) is 0 Å². The SMILES string of the molecule is COc1ccc(/C(O)=C2\C(=O)C(=O)N(CCCN(C)C)[C@H]2c2ccc(F)cc2)cc1OC. The molecule has 3 rings (SSSR count). The highest BCUT2D eigenvalue weighted by molar-refractivity contribution is 6.46. The van der Waals surface area contributed by atoms with Gasteiger partial charge in [-0.15, -0.1) is 0 Å². The Bertz CT molecular complexity index is 1030. The molecule has 1 amide bonds. The minimum absolute atomic E-state index is 0.0429. The molecule has 0 aromatic heterocycles. The van der Waals surface area contributed by atoms with Crippen LogP contribution in [-0.4, -0.2) is 68.0 Å². The van der Waals surface area contributed by atoms with Crippen molar-refractivity contribution in [3.8, 4) is 11.5 Å². The van der Waals surface area contributed by atoms with Gasteiger partial charge in [-0.3, -0.25) is 9.59 Å². The lowest BCUT2D eigenvalue weighted by Gasteiger charge is -2.26. The molecule has 0 bridgehead atoms. The third-order valence-electron chi connectivity index (χ3n) is 5.39. The number of amides is 1. The van der Waals surface area contributed by atoms with Crippen molar-refractivity contribution in [1.82, 2.24) is 9.80 Å². The first-order chi connectivity index (χ1) is 15.3. The van der Waals surface area contributed by atoms with E-state index in [0.717, 1.165) is 6.54 Å². The van der Waals surface area contributed by atoms with E-state index >= 15 is 0 Å². The summed E-state index contributed by atoms with van der Waals surface area (Å²) in [5.41, 5.74) is 0.803. The minimum Gasteiger partial charge on any atom is -0.507 e. The Morgan fingerprint density at radius 3 is 2.31 bits per heavy atom. The van der Waals surface area contributed by atoms with Crippen molar-refractivity contribution in [1.29, 1.82) is 0 Å². The number of ether oxygens (including phenoxy) is 2. The van der Waals surface area contributed by atoms with E-state index in [2.05, 4.69) is 0 Å². The number of hydrogen-bond donors (Lipinski definition) is 1. The first-order valence-electron chi connectivity index (χ1n) is 10.2. The van der Waals surface area contributed by atoms with E-state index in [0.29, 0.717) is 35.6 Å². The maximum absolute atomic E-state index is 13.6. The van der Waals surface area contributed by atoms with Gasteiger partial charge in [0.1, 0.15) is 11.6 Å². The molecule has 1 aliphatic heterocycles. The van der Waals surface area contributed by atoms with Crippen molar-refractivity contribution in [2.75, 3.05) is 41.4 Å². The molecule has 32 heavy (non-hydrogen) atoms.